The minimum absolute atomic E-state index is 0.0147. The van der Waals surface area contributed by atoms with E-state index in [0.29, 0.717) is 19.6 Å². The Labute approximate surface area is 189 Å². The van der Waals surface area contributed by atoms with Gasteiger partial charge in [0.1, 0.15) is 0 Å². The van der Waals surface area contributed by atoms with Gasteiger partial charge in [-0.3, -0.25) is 19.4 Å². The summed E-state index contributed by atoms with van der Waals surface area (Å²) in [6, 6.07) is 12.0. The minimum atomic E-state index is -0.832. The van der Waals surface area contributed by atoms with Crippen molar-refractivity contribution >= 4 is 23.3 Å². The van der Waals surface area contributed by atoms with Crippen LogP contribution in [0.4, 0.5) is 11.4 Å². The molecule has 2 aromatic carbocycles. The summed E-state index contributed by atoms with van der Waals surface area (Å²) in [5, 5.41) is 15.4. The highest BCUT2D eigenvalue weighted by molar-refractivity contribution is 5.93. The third-order valence-electron chi connectivity index (χ3n) is 5.77. The zero-order valence-electron chi connectivity index (χ0n) is 18.9. The van der Waals surface area contributed by atoms with Gasteiger partial charge in [0.05, 0.1) is 13.1 Å². The predicted octanol–water partition coefficient (Wildman–Crippen LogP) is 1.78. The molecule has 8 heteroatoms. The molecule has 0 aliphatic carbocycles. The number of aliphatic carboxylic acids is 1. The summed E-state index contributed by atoms with van der Waals surface area (Å²) in [5.74, 6) is -0.908. The standard InChI is InChI=1S/C24H33N5O3/c1-17-13-19(3-5-21(17)25)20-4-6-22(18(2)14-20)27-23(30)15-28-9-7-26-8-10-29(12-11-28)16-24(31)32/h3-6,13-14,26H,7-12,15-16,25H2,1-2H3,(H,27,30)(H,31,32). The third kappa shape index (κ3) is 6.78. The molecule has 32 heavy (non-hydrogen) atoms. The number of rotatable bonds is 6. The lowest BCUT2D eigenvalue weighted by Crippen LogP contribution is -2.41. The van der Waals surface area contributed by atoms with Crippen molar-refractivity contribution < 1.29 is 14.7 Å². The Balaban J connectivity index is 1.60. The van der Waals surface area contributed by atoms with E-state index in [-0.39, 0.29) is 19.0 Å². The number of nitrogen functional groups attached to an aromatic ring is 1. The minimum Gasteiger partial charge on any atom is -0.480 e. The first-order valence-electron chi connectivity index (χ1n) is 11.0. The maximum Gasteiger partial charge on any atom is 0.317 e. The van der Waals surface area contributed by atoms with Crippen molar-refractivity contribution in [3.63, 3.8) is 0 Å². The van der Waals surface area contributed by atoms with E-state index in [4.69, 9.17) is 10.8 Å². The molecule has 0 saturated carbocycles. The molecule has 8 nitrogen and oxygen atoms in total. The first-order chi connectivity index (χ1) is 15.3. The van der Waals surface area contributed by atoms with Crippen molar-refractivity contribution in [3.05, 3.63) is 47.5 Å². The van der Waals surface area contributed by atoms with Crippen LogP contribution in [0, 0.1) is 13.8 Å². The Bertz CT molecular complexity index is 963. The van der Waals surface area contributed by atoms with Crippen LogP contribution in [0.3, 0.4) is 0 Å². The Morgan fingerprint density at radius 1 is 0.938 bits per heavy atom. The van der Waals surface area contributed by atoms with E-state index in [1.54, 1.807) is 0 Å². The van der Waals surface area contributed by atoms with Crippen LogP contribution in [0.2, 0.25) is 0 Å². The van der Waals surface area contributed by atoms with E-state index in [1.165, 1.54) is 0 Å². The predicted molar refractivity (Wildman–Crippen MR) is 128 cm³/mol. The lowest BCUT2D eigenvalue weighted by atomic mass is 10.00. The van der Waals surface area contributed by atoms with Gasteiger partial charge in [-0.1, -0.05) is 12.1 Å². The van der Waals surface area contributed by atoms with E-state index in [0.717, 1.165) is 53.3 Å². The van der Waals surface area contributed by atoms with E-state index >= 15 is 0 Å². The van der Waals surface area contributed by atoms with Crippen molar-refractivity contribution in [2.45, 2.75) is 13.8 Å². The van der Waals surface area contributed by atoms with Gasteiger partial charge in [-0.05, 0) is 60.4 Å². The summed E-state index contributed by atoms with van der Waals surface area (Å²) in [4.78, 5) is 27.7. The van der Waals surface area contributed by atoms with Crippen molar-refractivity contribution in [3.8, 4) is 11.1 Å². The third-order valence-corrected chi connectivity index (χ3v) is 5.77. The fourth-order valence-corrected chi connectivity index (χ4v) is 3.84. The number of aryl methyl sites for hydroxylation is 2. The van der Waals surface area contributed by atoms with E-state index in [1.807, 2.05) is 43.0 Å². The van der Waals surface area contributed by atoms with Gasteiger partial charge in [0, 0.05) is 50.6 Å². The van der Waals surface area contributed by atoms with Crippen LogP contribution >= 0.6 is 0 Å². The van der Waals surface area contributed by atoms with Crippen LogP contribution in [0.1, 0.15) is 11.1 Å². The average molecular weight is 440 g/mol. The molecule has 1 heterocycles. The molecule has 1 aliphatic heterocycles. The quantitative estimate of drug-likeness (QED) is 0.508. The normalized spacial score (nSPS) is 16.1. The van der Waals surface area contributed by atoms with Crippen LogP contribution in [0.25, 0.3) is 11.1 Å². The van der Waals surface area contributed by atoms with Crippen LogP contribution in [0.15, 0.2) is 36.4 Å². The summed E-state index contributed by atoms with van der Waals surface area (Å²) >= 11 is 0. The molecule has 0 radical (unpaired) electrons. The van der Waals surface area contributed by atoms with Gasteiger partial charge < -0.3 is 21.5 Å². The zero-order valence-corrected chi connectivity index (χ0v) is 18.9. The van der Waals surface area contributed by atoms with Gasteiger partial charge in [0.2, 0.25) is 5.91 Å². The molecule has 2 aromatic rings. The van der Waals surface area contributed by atoms with Crippen molar-refractivity contribution in [2.24, 2.45) is 0 Å². The number of carbonyl (C=O) groups is 2. The second-order valence-corrected chi connectivity index (χ2v) is 8.35. The molecule has 1 saturated heterocycles. The Kier molecular flexibility index (Phi) is 8.21. The second-order valence-electron chi connectivity index (χ2n) is 8.35. The second kappa shape index (κ2) is 11.1. The summed E-state index contributed by atoms with van der Waals surface area (Å²) in [6.45, 7) is 8.46. The summed E-state index contributed by atoms with van der Waals surface area (Å²) in [6.07, 6.45) is 0. The van der Waals surface area contributed by atoms with Crippen LogP contribution in [-0.2, 0) is 9.59 Å². The highest BCUT2D eigenvalue weighted by Crippen LogP contribution is 2.27. The molecule has 0 aromatic heterocycles. The zero-order chi connectivity index (χ0) is 23.1. The maximum atomic E-state index is 12.7. The lowest BCUT2D eigenvalue weighted by molar-refractivity contribution is -0.138. The number of amides is 1. The molecule has 172 valence electrons. The number of carboxylic acid groups (broad SMARTS) is 1. The van der Waals surface area contributed by atoms with Gasteiger partial charge in [-0.2, -0.15) is 0 Å². The molecule has 0 unspecified atom stereocenters. The number of anilines is 2. The fourth-order valence-electron chi connectivity index (χ4n) is 3.84. The monoisotopic (exact) mass is 439 g/mol. The number of nitrogens with one attached hydrogen (secondary N) is 2. The van der Waals surface area contributed by atoms with Crippen LogP contribution in [0.5, 0.6) is 0 Å². The molecule has 1 amide bonds. The molecular weight excluding hydrogens is 406 g/mol. The van der Waals surface area contributed by atoms with Gasteiger partial charge in [-0.15, -0.1) is 0 Å². The first-order valence-corrected chi connectivity index (χ1v) is 11.0. The van der Waals surface area contributed by atoms with Gasteiger partial charge >= 0.3 is 5.97 Å². The highest BCUT2D eigenvalue weighted by atomic mass is 16.4. The largest absolute Gasteiger partial charge is 0.480 e. The average Bonchev–Trinajstić information content (AvgIpc) is 2.84. The van der Waals surface area contributed by atoms with Crippen LogP contribution in [-0.4, -0.2) is 79.1 Å². The van der Waals surface area contributed by atoms with Crippen molar-refractivity contribution in [1.82, 2.24) is 15.1 Å². The summed E-state index contributed by atoms with van der Waals surface area (Å²) < 4.78 is 0. The topological polar surface area (TPSA) is 111 Å². The SMILES string of the molecule is Cc1cc(-c2ccc(NC(=O)CN3CCNCCN(CC(=O)O)CC3)c(C)c2)ccc1N. The molecule has 3 rings (SSSR count). The molecule has 0 bridgehead atoms. The number of nitrogens with two attached hydrogens (primary N) is 1. The van der Waals surface area contributed by atoms with Crippen LogP contribution < -0.4 is 16.4 Å². The maximum absolute atomic E-state index is 12.7. The van der Waals surface area contributed by atoms with Gasteiger partial charge in [-0.25, -0.2) is 0 Å². The Hall–Kier alpha value is -2.94. The van der Waals surface area contributed by atoms with E-state index in [9.17, 15) is 9.59 Å². The number of hydrogen-bond donors (Lipinski definition) is 4. The lowest BCUT2D eigenvalue weighted by Gasteiger charge is -2.24. The molecule has 1 aliphatic rings. The highest BCUT2D eigenvalue weighted by Gasteiger charge is 2.17. The molecule has 0 spiro atoms. The number of hydrogen-bond acceptors (Lipinski definition) is 6. The Morgan fingerprint density at radius 3 is 2.12 bits per heavy atom. The first kappa shape index (κ1) is 23.7. The van der Waals surface area contributed by atoms with Gasteiger partial charge in [0.15, 0.2) is 0 Å². The Morgan fingerprint density at radius 2 is 1.53 bits per heavy atom. The van der Waals surface area contributed by atoms with Crippen molar-refractivity contribution in [2.75, 3.05) is 63.4 Å². The smallest absolute Gasteiger partial charge is 0.317 e. The molecule has 0 atom stereocenters. The van der Waals surface area contributed by atoms with E-state index in [2.05, 4.69) is 27.7 Å². The van der Waals surface area contributed by atoms with Crippen molar-refractivity contribution in [1.29, 1.82) is 0 Å². The number of nitrogens with zero attached hydrogens (tertiary/aromatic N) is 2. The summed E-state index contributed by atoms with van der Waals surface area (Å²) in [5.41, 5.74) is 11.7. The molecule has 5 N–H and O–H groups in total. The van der Waals surface area contributed by atoms with Gasteiger partial charge in [0.25, 0.3) is 0 Å². The molecule has 1 fully saturated rings. The summed E-state index contributed by atoms with van der Waals surface area (Å²) in [7, 11) is 0. The number of carbonyl (C=O) groups excluding carboxylic acids is 1. The number of benzene rings is 2. The van der Waals surface area contributed by atoms with E-state index < -0.39 is 5.97 Å². The number of carboxylic acids is 1. The molecular formula is C24H33N5O3. The fraction of sp³-hybridized carbons (Fsp3) is 0.417.